The van der Waals surface area contributed by atoms with Gasteiger partial charge in [0.15, 0.2) is 5.16 Å². The summed E-state index contributed by atoms with van der Waals surface area (Å²) in [5.74, 6) is 0.814. The van der Waals surface area contributed by atoms with E-state index in [1.165, 1.54) is 11.8 Å². The number of hydrogen-bond donors (Lipinski definition) is 1. The summed E-state index contributed by atoms with van der Waals surface area (Å²) >= 11 is 1.47. The van der Waals surface area contributed by atoms with Crippen LogP contribution in [0.5, 0.6) is 5.75 Å². The van der Waals surface area contributed by atoms with Gasteiger partial charge in [-0.15, -0.1) is 0 Å². The Labute approximate surface area is 141 Å². The molecule has 0 saturated carbocycles. The first kappa shape index (κ1) is 17.4. The minimum absolute atomic E-state index is 0.00382. The molecule has 2 rings (SSSR count). The molecule has 23 heavy (non-hydrogen) atoms. The van der Waals surface area contributed by atoms with Crippen LogP contribution in [0.25, 0.3) is 0 Å². The zero-order chi connectivity index (χ0) is 16.8. The second kappa shape index (κ2) is 8.06. The first-order chi connectivity index (χ1) is 11.0. The van der Waals surface area contributed by atoms with Gasteiger partial charge in [0.2, 0.25) is 5.91 Å². The zero-order valence-electron chi connectivity index (χ0n) is 13.9. The fraction of sp³-hybridized carbons (Fsp3) is 0.412. The van der Waals surface area contributed by atoms with Crippen LogP contribution in [0.2, 0.25) is 0 Å². The third-order valence-corrected chi connectivity index (χ3v) is 4.56. The van der Waals surface area contributed by atoms with Gasteiger partial charge in [0.1, 0.15) is 5.75 Å². The summed E-state index contributed by atoms with van der Waals surface area (Å²) in [5, 5.41) is 3.63. The number of imidazole rings is 1. The Balaban J connectivity index is 1.88. The third-order valence-electron chi connectivity index (χ3n) is 3.47. The lowest BCUT2D eigenvalue weighted by Crippen LogP contribution is -2.30. The highest BCUT2D eigenvalue weighted by molar-refractivity contribution is 8.00. The van der Waals surface area contributed by atoms with Crippen LogP contribution in [-0.2, 0) is 11.3 Å². The van der Waals surface area contributed by atoms with Gasteiger partial charge < -0.3 is 14.6 Å². The van der Waals surface area contributed by atoms with E-state index < -0.39 is 0 Å². The van der Waals surface area contributed by atoms with Gasteiger partial charge in [-0.2, -0.15) is 0 Å². The van der Waals surface area contributed by atoms with Crippen LogP contribution in [0.3, 0.4) is 0 Å². The van der Waals surface area contributed by atoms with E-state index in [0.717, 1.165) is 16.5 Å². The van der Waals surface area contributed by atoms with Crippen molar-refractivity contribution in [3.63, 3.8) is 0 Å². The molecule has 0 saturated heterocycles. The quantitative estimate of drug-likeness (QED) is 0.790. The fourth-order valence-corrected chi connectivity index (χ4v) is 3.09. The number of aromatic nitrogens is 2. The number of hydrogen-bond acceptors (Lipinski definition) is 4. The number of nitrogens with zero attached hydrogens (tertiary/aromatic N) is 2. The van der Waals surface area contributed by atoms with Crippen LogP contribution in [0.15, 0.2) is 41.8 Å². The topological polar surface area (TPSA) is 56.1 Å². The summed E-state index contributed by atoms with van der Waals surface area (Å²) in [6.07, 6.45) is 3.71. The maximum Gasteiger partial charge on any atom is 0.233 e. The molecule has 1 aromatic heterocycles. The molecule has 124 valence electrons. The van der Waals surface area contributed by atoms with E-state index in [1.54, 1.807) is 13.3 Å². The second-order valence-electron chi connectivity index (χ2n) is 5.54. The van der Waals surface area contributed by atoms with Gasteiger partial charge in [-0.3, -0.25) is 4.79 Å². The van der Waals surface area contributed by atoms with Crippen molar-refractivity contribution in [2.24, 2.45) is 0 Å². The van der Waals surface area contributed by atoms with Crippen LogP contribution in [0.4, 0.5) is 0 Å². The van der Waals surface area contributed by atoms with Crippen molar-refractivity contribution in [2.45, 2.75) is 43.8 Å². The molecule has 1 N–H and O–H groups in total. The zero-order valence-corrected chi connectivity index (χ0v) is 14.8. The number of benzene rings is 1. The molecule has 0 aliphatic heterocycles. The number of amides is 1. The first-order valence-corrected chi connectivity index (χ1v) is 8.49. The van der Waals surface area contributed by atoms with Crippen molar-refractivity contribution in [3.8, 4) is 5.75 Å². The molecule has 6 heteroatoms. The SMILES string of the molecule is COc1ccc(CNC(=O)[C@@H](C)Sc2nccn2C(C)C)cc1. The normalized spacial score (nSPS) is 12.2. The number of carbonyl (C=O) groups is 1. The van der Waals surface area contributed by atoms with Crippen molar-refractivity contribution >= 4 is 17.7 Å². The van der Waals surface area contributed by atoms with Crippen LogP contribution >= 0.6 is 11.8 Å². The maximum atomic E-state index is 12.3. The van der Waals surface area contributed by atoms with Crippen LogP contribution in [0.1, 0.15) is 32.4 Å². The number of thioether (sulfide) groups is 1. The Hall–Kier alpha value is -1.95. The largest absolute Gasteiger partial charge is 0.497 e. The molecule has 0 aliphatic carbocycles. The van der Waals surface area contributed by atoms with Crippen LogP contribution in [-0.4, -0.2) is 27.8 Å². The number of carbonyl (C=O) groups excluding carboxylic acids is 1. The minimum Gasteiger partial charge on any atom is -0.497 e. The monoisotopic (exact) mass is 333 g/mol. The predicted octanol–water partition coefficient (Wildman–Crippen LogP) is 3.27. The molecule has 0 radical (unpaired) electrons. The summed E-state index contributed by atoms with van der Waals surface area (Å²) in [6, 6.07) is 8.00. The number of nitrogens with one attached hydrogen (secondary N) is 1. The van der Waals surface area contributed by atoms with Crippen LogP contribution < -0.4 is 10.1 Å². The van der Waals surface area contributed by atoms with Gasteiger partial charge in [0.25, 0.3) is 0 Å². The van der Waals surface area contributed by atoms with E-state index in [4.69, 9.17) is 4.74 Å². The lowest BCUT2D eigenvalue weighted by Gasteiger charge is -2.15. The summed E-state index contributed by atoms with van der Waals surface area (Å²) in [6.45, 7) is 6.60. The van der Waals surface area contributed by atoms with Crippen molar-refractivity contribution in [2.75, 3.05) is 7.11 Å². The molecule has 1 amide bonds. The minimum atomic E-state index is -0.201. The van der Waals surface area contributed by atoms with E-state index in [1.807, 2.05) is 37.4 Å². The molecular weight excluding hydrogens is 310 g/mol. The van der Waals surface area contributed by atoms with Crippen LogP contribution in [0, 0.1) is 0 Å². The third kappa shape index (κ3) is 4.76. The molecular formula is C17H23N3O2S. The Morgan fingerprint density at radius 1 is 1.30 bits per heavy atom. The molecule has 0 spiro atoms. The lowest BCUT2D eigenvalue weighted by atomic mass is 10.2. The summed E-state index contributed by atoms with van der Waals surface area (Å²) < 4.78 is 7.19. The summed E-state index contributed by atoms with van der Waals surface area (Å²) in [5.41, 5.74) is 1.04. The van der Waals surface area contributed by atoms with E-state index in [-0.39, 0.29) is 11.2 Å². The standard InChI is InChI=1S/C17H23N3O2S/c1-12(2)20-10-9-18-17(20)23-13(3)16(21)19-11-14-5-7-15(22-4)8-6-14/h5-10,12-13H,11H2,1-4H3,(H,19,21)/t13-/m1/s1. The maximum absolute atomic E-state index is 12.3. The van der Waals surface area contributed by atoms with E-state index in [9.17, 15) is 4.79 Å². The van der Waals surface area contributed by atoms with Crippen molar-refractivity contribution in [1.82, 2.24) is 14.9 Å². The van der Waals surface area contributed by atoms with Gasteiger partial charge in [-0.05, 0) is 38.5 Å². The highest BCUT2D eigenvalue weighted by atomic mass is 32.2. The molecule has 0 fully saturated rings. The van der Waals surface area contributed by atoms with E-state index in [0.29, 0.717) is 12.6 Å². The lowest BCUT2D eigenvalue weighted by molar-refractivity contribution is -0.120. The molecule has 1 atom stereocenters. The summed E-state index contributed by atoms with van der Waals surface area (Å²) in [7, 11) is 1.64. The molecule has 5 nitrogen and oxygen atoms in total. The van der Waals surface area contributed by atoms with Crippen molar-refractivity contribution in [3.05, 3.63) is 42.2 Å². The summed E-state index contributed by atoms with van der Waals surface area (Å²) in [4.78, 5) is 16.6. The molecule has 0 bridgehead atoms. The van der Waals surface area contributed by atoms with Gasteiger partial charge in [-0.25, -0.2) is 4.98 Å². The molecule has 2 aromatic rings. The van der Waals surface area contributed by atoms with E-state index >= 15 is 0 Å². The number of ether oxygens (including phenoxy) is 1. The fourth-order valence-electron chi connectivity index (χ4n) is 2.07. The van der Waals surface area contributed by atoms with Gasteiger partial charge in [0, 0.05) is 25.0 Å². The van der Waals surface area contributed by atoms with Crippen molar-refractivity contribution < 1.29 is 9.53 Å². The number of methoxy groups -OCH3 is 1. The number of rotatable bonds is 7. The van der Waals surface area contributed by atoms with E-state index in [2.05, 4.69) is 28.7 Å². The predicted molar refractivity (Wildman–Crippen MR) is 92.8 cm³/mol. The molecule has 0 unspecified atom stereocenters. The van der Waals surface area contributed by atoms with Gasteiger partial charge in [-0.1, -0.05) is 23.9 Å². The van der Waals surface area contributed by atoms with Crippen molar-refractivity contribution in [1.29, 1.82) is 0 Å². The average molecular weight is 333 g/mol. The Morgan fingerprint density at radius 3 is 2.61 bits per heavy atom. The Bertz CT molecular complexity index is 638. The Morgan fingerprint density at radius 2 is 2.00 bits per heavy atom. The Kier molecular flexibility index (Phi) is 6.10. The van der Waals surface area contributed by atoms with Gasteiger partial charge >= 0.3 is 0 Å². The second-order valence-corrected chi connectivity index (χ2v) is 6.84. The highest BCUT2D eigenvalue weighted by Gasteiger charge is 2.17. The van der Waals surface area contributed by atoms with Gasteiger partial charge in [0.05, 0.1) is 12.4 Å². The highest BCUT2D eigenvalue weighted by Crippen LogP contribution is 2.24. The average Bonchev–Trinajstić information content (AvgIpc) is 3.01. The molecule has 0 aliphatic rings. The first-order valence-electron chi connectivity index (χ1n) is 7.61. The molecule has 1 aromatic carbocycles. The smallest absolute Gasteiger partial charge is 0.233 e. The molecule has 1 heterocycles.